The molecule has 0 amide bonds. The van der Waals surface area contributed by atoms with E-state index in [9.17, 15) is 27.7 Å². The number of hydrogen-bond donors (Lipinski definition) is 0. The second-order valence-electron chi connectivity index (χ2n) is 4.89. The maximum Gasteiger partial charge on any atom is 0.420 e. The van der Waals surface area contributed by atoms with Crippen LogP contribution in [0.25, 0.3) is 0 Å². The van der Waals surface area contributed by atoms with Crippen LogP contribution in [0, 0.1) is 10.1 Å². The van der Waals surface area contributed by atoms with E-state index in [0.29, 0.717) is 25.3 Å². The van der Waals surface area contributed by atoms with Crippen LogP contribution < -0.4 is 4.74 Å². The van der Waals surface area contributed by atoms with Gasteiger partial charge in [-0.05, 0) is 25.3 Å². The molecule has 116 valence electrons. The Kier molecular flexibility index (Phi) is 4.34. The Labute approximate surface area is 117 Å². The van der Waals surface area contributed by atoms with Crippen molar-refractivity contribution >= 4 is 5.69 Å². The molecule has 21 heavy (non-hydrogen) atoms. The predicted molar refractivity (Wildman–Crippen MR) is 65.9 cm³/mol. The summed E-state index contributed by atoms with van der Waals surface area (Å²) in [6.07, 6.45) is -5.14. The molecule has 0 bridgehead atoms. The molecule has 8 heteroatoms. The summed E-state index contributed by atoms with van der Waals surface area (Å²) in [5, 5.41) is 10.6. The third-order valence-corrected chi connectivity index (χ3v) is 3.38. The lowest BCUT2D eigenvalue weighted by Crippen LogP contribution is -2.32. The van der Waals surface area contributed by atoms with Gasteiger partial charge in [0.25, 0.3) is 5.69 Å². The Morgan fingerprint density at radius 3 is 2.48 bits per heavy atom. The first-order valence-electron chi connectivity index (χ1n) is 6.45. The minimum absolute atomic E-state index is 0.249. The van der Waals surface area contributed by atoms with Crippen molar-refractivity contribution in [2.75, 3.05) is 0 Å². The Morgan fingerprint density at radius 2 is 1.90 bits per heavy atom. The van der Waals surface area contributed by atoms with Gasteiger partial charge in [0.05, 0.1) is 4.92 Å². The molecular weight excluding hydrogens is 294 g/mol. The van der Waals surface area contributed by atoms with Crippen molar-refractivity contribution in [3.8, 4) is 5.75 Å². The van der Waals surface area contributed by atoms with Crippen molar-refractivity contribution in [3.63, 3.8) is 0 Å². The molecule has 1 fully saturated rings. The van der Waals surface area contributed by atoms with Gasteiger partial charge in [-0.1, -0.05) is 6.42 Å². The summed E-state index contributed by atoms with van der Waals surface area (Å²) < 4.78 is 57.6. The Balaban J connectivity index is 2.31. The molecule has 0 heterocycles. The molecule has 0 N–H and O–H groups in total. The van der Waals surface area contributed by atoms with Gasteiger partial charge in [0.15, 0.2) is 0 Å². The van der Waals surface area contributed by atoms with Crippen LogP contribution in [-0.2, 0) is 6.18 Å². The topological polar surface area (TPSA) is 52.4 Å². The number of hydrogen-bond acceptors (Lipinski definition) is 3. The molecular formula is C13H13F4NO3. The molecule has 0 unspecified atom stereocenters. The first kappa shape index (κ1) is 15.5. The first-order valence-corrected chi connectivity index (χ1v) is 6.45. The van der Waals surface area contributed by atoms with E-state index >= 15 is 0 Å². The summed E-state index contributed by atoms with van der Waals surface area (Å²) in [4.78, 5) is 9.65. The number of ether oxygens (including phenoxy) is 1. The second kappa shape index (κ2) is 5.87. The number of rotatable bonds is 3. The molecule has 1 aliphatic carbocycles. The third kappa shape index (κ3) is 3.62. The lowest BCUT2D eigenvalue weighted by molar-refractivity contribution is -0.385. The Bertz CT molecular complexity index is 533. The zero-order valence-corrected chi connectivity index (χ0v) is 10.9. The molecule has 0 saturated heterocycles. The number of nitro groups is 1. The minimum atomic E-state index is -4.80. The normalized spacial score (nSPS) is 22.9. The molecule has 2 rings (SSSR count). The zero-order chi connectivity index (χ0) is 15.6. The highest BCUT2D eigenvalue weighted by atomic mass is 19.4. The van der Waals surface area contributed by atoms with Gasteiger partial charge in [0.1, 0.15) is 23.6 Å². The smallest absolute Gasteiger partial charge is 0.420 e. The largest absolute Gasteiger partial charge is 0.487 e. The van der Waals surface area contributed by atoms with E-state index in [2.05, 4.69) is 0 Å². The minimum Gasteiger partial charge on any atom is -0.487 e. The average Bonchev–Trinajstić information content (AvgIpc) is 2.40. The summed E-state index contributed by atoms with van der Waals surface area (Å²) in [7, 11) is 0. The van der Waals surface area contributed by atoms with Gasteiger partial charge >= 0.3 is 6.18 Å². The molecule has 4 nitrogen and oxygen atoms in total. The summed E-state index contributed by atoms with van der Waals surface area (Å²) in [5.74, 6) is -0.567. The van der Waals surface area contributed by atoms with Crippen LogP contribution in [0.15, 0.2) is 18.2 Å². The van der Waals surface area contributed by atoms with E-state index in [0.717, 1.165) is 12.1 Å². The van der Waals surface area contributed by atoms with Crippen LogP contribution in [0.5, 0.6) is 5.75 Å². The molecule has 1 aliphatic rings. The maximum atomic E-state index is 13.7. The number of nitro benzene ring substituents is 1. The molecule has 0 radical (unpaired) electrons. The van der Waals surface area contributed by atoms with Gasteiger partial charge in [-0.2, -0.15) is 13.2 Å². The van der Waals surface area contributed by atoms with E-state index in [1.54, 1.807) is 0 Å². The van der Waals surface area contributed by atoms with Crippen molar-refractivity contribution in [2.24, 2.45) is 0 Å². The van der Waals surface area contributed by atoms with Crippen molar-refractivity contribution in [1.29, 1.82) is 0 Å². The fourth-order valence-corrected chi connectivity index (χ4v) is 2.30. The third-order valence-electron chi connectivity index (χ3n) is 3.38. The van der Waals surface area contributed by atoms with Crippen LogP contribution in [0.2, 0.25) is 0 Å². The lowest BCUT2D eigenvalue weighted by Gasteiger charge is -2.27. The Morgan fingerprint density at radius 1 is 1.24 bits per heavy atom. The fourth-order valence-electron chi connectivity index (χ4n) is 2.30. The SMILES string of the molecule is O=[N+]([O-])c1ccc(O[C@@H]2CCCC[C@H]2F)c(C(F)(F)F)c1. The van der Waals surface area contributed by atoms with Crippen molar-refractivity contribution in [1.82, 2.24) is 0 Å². The summed E-state index contributed by atoms with van der Waals surface area (Å²) >= 11 is 0. The molecule has 0 spiro atoms. The van der Waals surface area contributed by atoms with Gasteiger partial charge in [0.2, 0.25) is 0 Å². The monoisotopic (exact) mass is 307 g/mol. The molecule has 0 aliphatic heterocycles. The van der Waals surface area contributed by atoms with Crippen LogP contribution in [0.4, 0.5) is 23.2 Å². The first-order chi connectivity index (χ1) is 9.79. The number of halogens is 4. The highest BCUT2D eigenvalue weighted by molar-refractivity contribution is 5.45. The van der Waals surface area contributed by atoms with E-state index in [1.165, 1.54) is 0 Å². The second-order valence-corrected chi connectivity index (χ2v) is 4.89. The lowest BCUT2D eigenvalue weighted by atomic mass is 9.96. The molecule has 1 saturated carbocycles. The van der Waals surface area contributed by atoms with Gasteiger partial charge in [-0.25, -0.2) is 4.39 Å². The van der Waals surface area contributed by atoms with E-state index in [1.807, 2.05) is 0 Å². The predicted octanol–water partition coefficient (Wildman–Crippen LogP) is 4.27. The van der Waals surface area contributed by atoms with Crippen molar-refractivity contribution < 1.29 is 27.2 Å². The highest BCUT2D eigenvalue weighted by Crippen LogP contribution is 2.39. The van der Waals surface area contributed by atoms with Crippen molar-refractivity contribution in [2.45, 2.75) is 44.1 Å². The van der Waals surface area contributed by atoms with Crippen molar-refractivity contribution in [3.05, 3.63) is 33.9 Å². The molecule has 2 atom stereocenters. The zero-order valence-electron chi connectivity index (χ0n) is 10.9. The van der Waals surface area contributed by atoms with Gasteiger partial charge < -0.3 is 4.74 Å². The van der Waals surface area contributed by atoms with Crippen LogP contribution >= 0.6 is 0 Å². The highest BCUT2D eigenvalue weighted by Gasteiger charge is 2.37. The standard InChI is InChI=1S/C13H13F4NO3/c14-10-3-1-2-4-12(10)21-11-6-5-8(18(19)20)7-9(11)13(15,16)17/h5-7,10,12H,1-4H2/t10-,12-/m1/s1. The molecule has 1 aromatic carbocycles. The average molecular weight is 307 g/mol. The van der Waals surface area contributed by atoms with E-state index in [4.69, 9.17) is 4.74 Å². The van der Waals surface area contributed by atoms with Gasteiger partial charge in [0, 0.05) is 12.1 Å². The number of benzene rings is 1. The van der Waals surface area contributed by atoms with Crippen LogP contribution in [0.1, 0.15) is 31.2 Å². The van der Waals surface area contributed by atoms with E-state index in [-0.39, 0.29) is 6.42 Å². The van der Waals surface area contributed by atoms with E-state index < -0.39 is 40.4 Å². The summed E-state index contributed by atoms with van der Waals surface area (Å²) in [6, 6.07) is 2.20. The fraction of sp³-hybridized carbons (Fsp3) is 0.538. The quantitative estimate of drug-likeness (QED) is 0.476. The number of nitrogens with zero attached hydrogens (tertiary/aromatic N) is 1. The van der Waals surface area contributed by atoms with Gasteiger partial charge in [-0.15, -0.1) is 0 Å². The summed E-state index contributed by atoms with van der Waals surface area (Å²) in [6.45, 7) is 0. The van der Waals surface area contributed by atoms with Gasteiger partial charge in [-0.3, -0.25) is 10.1 Å². The number of non-ortho nitro benzene ring substituents is 1. The summed E-state index contributed by atoms with van der Waals surface area (Å²) in [5.41, 5.74) is -1.94. The number of alkyl halides is 4. The Hall–Kier alpha value is -1.86. The molecule has 0 aromatic heterocycles. The molecule has 1 aromatic rings. The van der Waals surface area contributed by atoms with Crippen LogP contribution in [-0.4, -0.2) is 17.2 Å². The van der Waals surface area contributed by atoms with Crippen LogP contribution in [0.3, 0.4) is 0 Å². The maximum absolute atomic E-state index is 13.7.